The highest BCUT2D eigenvalue weighted by Crippen LogP contribution is 2.29. The van der Waals surface area contributed by atoms with Crippen molar-refractivity contribution < 1.29 is 18.0 Å². The first-order valence-electron chi connectivity index (χ1n) is 8.25. The van der Waals surface area contributed by atoms with Crippen LogP contribution in [0.2, 0.25) is 0 Å². The molecule has 3 rings (SSSR count). The quantitative estimate of drug-likeness (QED) is 0.847. The summed E-state index contributed by atoms with van der Waals surface area (Å²) in [6.45, 7) is 5.58. The van der Waals surface area contributed by atoms with Crippen molar-refractivity contribution in [3.63, 3.8) is 0 Å². The molecule has 0 radical (unpaired) electrons. The number of nitrogens with zero attached hydrogens (tertiary/aromatic N) is 3. The van der Waals surface area contributed by atoms with E-state index in [0.717, 1.165) is 26.1 Å². The van der Waals surface area contributed by atoms with Crippen LogP contribution in [-0.4, -0.2) is 67.2 Å². The normalized spacial score (nSPS) is 27.6. The smallest absolute Gasteiger partial charge is 0.248 e. The monoisotopic (exact) mass is 343 g/mol. The molecule has 0 unspecified atom stereocenters. The summed E-state index contributed by atoms with van der Waals surface area (Å²) in [4.78, 5) is 2.54. The van der Waals surface area contributed by atoms with E-state index in [1.54, 1.807) is 6.92 Å². The number of rotatable bonds is 5. The van der Waals surface area contributed by atoms with Gasteiger partial charge in [0, 0.05) is 26.2 Å². The van der Waals surface area contributed by atoms with E-state index < -0.39 is 10.0 Å². The third kappa shape index (κ3) is 3.60. The molecule has 0 amide bonds. The molecule has 2 atom stereocenters. The van der Waals surface area contributed by atoms with Crippen molar-refractivity contribution in [3.05, 3.63) is 12.0 Å². The van der Waals surface area contributed by atoms with E-state index in [2.05, 4.69) is 10.1 Å². The van der Waals surface area contributed by atoms with Crippen LogP contribution in [0.1, 0.15) is 25.0 Å². The lowest BCUT2D eigenvalue weighted by Gasteiger charge is -2.37. The Morgan fingerprint density at radius 2 is 2.00 bits per heavy atom. The van der Waals surface area contributed by atoms with Crippen molar-refractivity contribution in [2.45, 2.75) is 31.1 Å². The molecular formula is C15H25N3O4S. The maximum absolute atomic E-state index is 12.8. The van der Waals surface area contributed by atoms with Gasteiger partial charge in [0.2, 0.25) is 10.0 Å². The number of aryl methyl sites for hydroxylation is 1. The molecule has 2 aliphatic rings. The molecule has 1 N–H and O–H groups in total. The topological polar surface area (TPSA) is 86.9 Å². The number of sulfonamides is 1. The van der Waals surface area contributed by atoms with E-state index in [9.17, 15) is 13.5 Å². The zero-order chi connectivity index (χ0) is 16.4. The molecule has 1 aromatic heterocycles. The minimum atomic E-state index is -3.61. The fraction of sp³-hybridized carbons (Fsp3) is 0.800. The molecule has 2 fully saturated rings. The first-order chi connectivity index (χ1) is 11.0. The maximum atomic E-state index is 12.8. The number of piperidine rings is 1. The van der Waals surface area contributed by atoms with Crippen LogP contribution in [0.4, 0.5) is 0 Å². The van der Waals surface area contributed by atoms with Crippen molar-refractivity contribution >= 4 is 10.0 Å². The fourth-order valence-electron chi connectivity index (χ4n) is 3.74. The molecule has 0 saturated carbocycles. The Bertz CT molecular complexity index is 624. The van der Waals surface area contributed by atoms with Crippen LogP contribution in [-0.2, 0) is 10.0 Å². The lowest BCUT2D eigenvalue weighted by atomic mass is 9.90. The number of hydrogen-bond acceptors (Lipinski definition) is 6. The minimum Gasteiger partial charge on any atom is -0.396 e. The minimum absolute atomic E-state index is 0.00806. The van der Waals surface area contributed by atoms with Crippen LogP contribution in [0.3, 0.4) is 0 Å². The molecule has 2 aliphatic heterocycles. The third-order valence-electron chi connectivity index (χ3n) is 4.89. The molecule has 7 nitrogen and oxygen atoms in total. The van der Waals surface area contributed by atoms with E-state index in [1.165, 1.54) is 23.3 Å². The van der Waals surface area contributed by atoms with Gasteiger partial charge >= 0.3 is 0 Å². The Balaban J connectivity index is 1.76. The van der Waals surface area contributed by atoms with Gasteiger partial charge in [0.25, 0.3) is 0 Å². The Labute approximate surface area is 137 Å². The second-order valence-corrected chi connectivity index (χ2v) is 8.63. The molecule has 1 aromatic rings. The second kappa shape index (κ2) is 6.88. The number of aromatic nitrogens is 1. The summed E-state index contributed by atoms with van der Waals surface area (Å²) in [6.07, 6.45) is 4.58. The Morgan fingerprint density at radius 3 is 2.61 bits per heavy atom. The van der Waals surface area contributed by atoms with E-state index in [0.29, 0.717) is 18.8 Å². The highest BCUT2D eigenvalue weighted by Gasteiger charge is 2.37. The summed E-state index contributed by atoms with van der Waals surface area (Å²) in [5, 5.41) is 13.2. The maximum Gasteiger partial charge on any atom is 0.248 e. The largest absolute Gasteiger partial charge is 0.396 e. The average molecular weight is 343 g/mol. The molecule has 23 heavy (non-hydrogen) atoms. The van der Waals surface area contributed by atoms with Gasteiger partial charge in [0.1, 0.15) is 4.90 Å². The van der Waals surface area contributed by atoms with Gasteiger partial charge in [0.05, 0.1) is 6.20 Å². The van der Waals surface area contributed by atoms with Gasteiger partial charge in [-0.2, -0.15) is 4.31 Å². The summed E-state index contributed by atoms with van der Waals surface area (Å²) in [6, 6.07) is 0. The standard InChI is InChI=1S/C15H25N3O4S/c1-12-15(7-16-22-12)23(20,21)18-9-13(6-14(10-18)11-19)8-17-4-2-3-5-17/h7,13-14,19H,2-6,8-11H2,1H3/t13-,14-/m1/s1. The van der Waals surface area contributed by atoms with Gasteiger partial charge in [-0.3, -0.25) is 0 Å². The molecule has 0 aromatic carbocycles. The van der Waals surface area contributed by atoms with Gasteiger partial charge in [-0.05, 0) is 51.1 Å². The Hall–Kier alpha value is -0.960. The van der Waals surface area contributed by atoms with Gasteiger partial charge in [-0.1, -0.05) is 5.16 Å². The van der Waals surface area contributed by atoms with Crippen LogP contribution in [0, 0.1) is 18.8 Å². The van der Waals surface area contributed by atoms with Gasteiger partial charge in [-0.15, -0.1) is 0 Å². The van der Waals surface area contributed by atoms with Crippen molar-refractivity contribution in [3.8, 4) is 0 Å². The van der Waals surface area contributed by atoms with Crippen LogP contribution in [0.25, 0.3) is 0 Å². The number of likely N-dealkylation sites (tertiary alicyclic amines) is 1. The van der Waals surface area contributed by atoms with Crippen LogP contribution < -0.4 is 0 Å². The molecule has 130 valence electrons. The SMILES string of the molecule is Cc1oncc1S(=O)(=O)N1C[C@H](CO)C[C@H](CN2CCCC2)C1. The first-order valence-corrected chi connectivity index (χ1v) is 9.69. The predicted molar refractivity (Wildman–Crippen MR) is 84.4 cm³/mol. The lowest BCUT2D eigenvalue weighted by Crippen LogP contribution is -2.47. The van der Waals surface area contributed by atoms with E-state index in [4.69, 9.17) is 4.52 Å². The van der Waals surface area contributed by atoms with Crippen LogP contribution >= 0.6 is 0 Å². The van der Waals surface area contributed by atoms with Crippen LogP contribution in [0.15, 0.2) is 15.6 Å². The Kier molecular flexibility index (Phi) is 5.05. The molecule has 0 bridgehead atoms. The Morgan fingerprint density at radius 1 is 1.30 bits per heavy atom. The van der Waals surface area contributed by atoms with E-state index >= 15 is 0 Å². The zero-order valence-electron chi connectivity index (χ0n) is 13.5. The summed E-state index contributed by atoms with van der Waals surface area (Å²) >= 11 is 0. The number of hydrogen-bond donors (Lipinski definition) is 1. The first kappa shape index (κ1) is 16.9. The molecular weight excluding hydrogens is 318 g/mol. The van der Waals surface area contributed by atoms with Gasteiger partial charge < -0.3 is 14.5 Å². The van der Waals surface area contributed by atoms with Crippen molar-refractivity contribution in [2.24, 2.45) is 11.8 Å². The highest BCUT2D eigenvalue weighted by molar-refractivity contribution is 7.89. The molecule has 3 heterocycles. The average Bonchev–Trinajstić information content (AvgIpc) is 3.18. The second-order valence-electron chi connectivity index (χ2n) is 6.73. The third-order valence-corrected chi connectivity index (χ3v) is 6.81. The predicted octanol–water partition coefficient (Wildman–Crippen LogP) is 0.698. The van der Waals surface area contributed by atoms with Crippen molar-refractivity contribution in [1.29, 1.82) is 0 Å². The summed E-state index contributed by atoms with van der Waals surface area (Å²) in [5.74, 6) is 0.562. The molecule has 8 heteroatoms. The van der Waals surface area contributed by atoms with Crippen LogP contribution in [0.5, 0.6) is 0 Å². The molecule has 2 saturated heterocycles. The zero-order valence-corrected chi connectivity index (χ0v) is 14.3. The highest BCUT2D eigenvalue weighted by atomic mass is 32.2. The molecule has 0 aliphatic carbocycles. The number of aliphatic hydroxyl groups is 1. The van der Waals surface area contributed by atoms with Gasteiger partial charge in [0.15, 0.2) is 5.76 Å². The fourth-order valence-corrected chi connectivity index (χ4v) is 5.41. The van der Waals surface area contributed by atoms with Gasteiger partial charge in [-0.25, -0.2) is 8.42 Å². The summed E-state index contributed by atoms with van der Waals surface area (Å²) in [7, 11) is -3.61. The summed E-state index contributed by atoms with van der Waals surface area (Å²) in [5.41, 5.74) is 0. The van der Waals surface area contributed by atoms with E-state index in [-0.39, 0.29) is 23.3 Å². The number of aliphatic hydroxyl groups excluding tert-OH is 1. The lowest BCUT2D eigenvalue weighted by molar-refractivity contribution is 0.112. The van der Waals surface area contributed by atoms with Crippen molar-refractivity contribution in [1.82, 2.24) is 14.4 Å². The van der Waals surface area contributed by atoms with E-state index in [1.807, 2.05) is 0 Å². The van der Waals surface area contributed by atoms with Crippen molar-refractivity contribution in [2.75, 3.05) is 39.3 Å². The summed E-state index contributed by atoms with van der Waals surface area (Å²) < 4.78 is 32.1. The molecule has 0 spiro atoms.